The summed E-state index contributed by atoms with van der Waals surface area (Å²) in [5.74, 6) is 0.971. The van der Waals surface area contributed by atoms with Gasteiger partial charge in [0.15, 0.2) is 0 Å². The van der Waals surface area contributed by atoms with Crippen molar-refractivity contribution in [2.24, 2.45) is 0 Å². The molecule has 2 heteroatoms. The summed E-state index contributed by atoms with van der Waals surface area (Å²) in [4.78, 5) is 5.13. The fraction of sp³-hybridized carbons (Fsp3) is 0.0690. The Morgan fingerprint density at radius 1 is 0.645 bits per heavy atom. The van der Waals surface area contributed by atoms with Gasteiger partial charge in [0.05, 0.1) is 11.0 Å². The lowest BCUT2D eigenvalue weighted by atomic mass is 9.99. The number of benzene rings is 5. The highest BCUT2D eigenvalue weighted by molar-refractivity contribution is 6.19. The van der Waals surface area contributed by atoms with E-state index in [1.54, 1.807) is 0 Å². The van der Waals surface area contributed by atoms with Crippen molar-refractivity contribution in [2.75, 3.05) is 0 Å². The standard InChI is InChI=1S/C29H22N2/c1-19-7-6-10-24(17-19)31-28-26(30-29(31)23-8-4-3-5-9-23)16-15-22-14-13-21-12-11-20(2)18-25(21)27(22)28/h3-18H,1-2H3. The Bertz CT molecular complexity index is 1590. The smallest absolute Gasteiger partial charge is 0.145 e. The van der Waals surface area contributed by atoms with Crippen LogP contribution in [0.4, 0.5) is 0 Å². The van der Waals surface area contributed by atoms with E-state index in [1.165, 1.54) is 32.7 Å². The van der Waals surface area contributed by atoms with Crippen molar-refractivity contribution >= 4 is 32.6 Å². The summed E-state index contributed by atoms with van der Waals surface area (Å²) in [5.41, 5.74) is 6.93. The summed E-state index contributed by atoms with van der Waals surface area (Å²) in [7, 11) is 0. The van der Waals surface area contributed by atoms with Crippen LogP contribution >= 0.6 is 0 Å². The van der Waals surface area contributed by atoms with E-state index in [2.05, 4.69) is 115 Å². The van der Waals surface area contributed by atoms with Gasteiger partial charge in [-0.1, -0.05) is 84.4 Å². The van der Waals surface area contributed by atoms with Crippen LogP contribution in [0.15, 0.2) is 97.1 Å². The molecule has 0 spiro atoms. The molecule has 6 aromatic rings. The van der Waals surface area contributed by atoms with Crippen LogP contribution in [-0.2, 0) is 0 Å². The van der Waals surface area contributed by atoms with Gasteiger partial charge in [0.2, 0.25) is 0 Å². The van der Waals surface area contributed by atoms with Gasteiger partial charge in [-0.2, -0.15) is 0 Å². The normalized spacial score (nSPS) is 11.5. The molecule has 0 N–H and O–H groups in total. The van der Waals surface area contributed by atoms with Crippen LogP contribution < -0.4 is 0 Å². The highest BCUT2D eigenvalue weighted by Gasteiger charge is 2.18. The molecule has 0 aliphatic carbocycles. The van der Waals surface area contributed by atoms with E-state index in [9.17, 15) is 0 Å². The molecular formula is C29H22N2. The quantitative estimate of drug-likeness (QED) is 0.274. The maximum atomic E-state index is 5.13. The fourth-order valence-corrected chi connectivity index (χ4v) is 4.62. The Morgan fingerprint density at radius 3 is 2.23 bits per heavy atom. The fourth-order valence-electron chi connectivity index (χ4n) is 4.62. The zero-order valence-electron chi connectivity index (χ0n) is 17.6. The van der Waals surface area contributed by atoms with Crippen molar-refractivity contribution in [3.8, 4) is 17.1 Å². The van der Waals surface area contributed by atoms with Gasteiger partial charge in [-0.25, -0.2) is 4.98 Å². The largest absolute Gasteiger partial charge is 0.292 e. The van der Waals surface area contributed by atoms with Crippen LogP contribution in [0.1, 0.15) is 11.1 Å². The molecule has 0 fully saturated rings. The summed E-state index contributed by atoms with van der Waals surface area (Å²) >= 11 is 0. The van der Waals surface area contributed by atoms with Crippen LogP contribution in [0.3, 0.4) is 0 Å². The van der Waals surface area contributed by atoms with Crippen molar-refractivity contribution in [2.45, 2.75) is 13.8 Å². The van der Waals surface area contributed by atoms with Gasteiger partial charge < -0.3 is 0 Å². The molecule has 0 aliphatic rings. The van der Waals surface area contributed by atoms with Gasteiger partial charge in [0.1, 0.15) is 5.82 Å². The first kappa shape index (κ1) is 17.9. The summed E-state index contributed by atoms with van der Waals surface area (Å²) in [6.45, 7) is 4.30. The first-order valence-corrected chi connectivity index (χ1v) is 10.7. The average Bonchev–Trinajstić information content (AvgIpc) is 3.19. The molecule has 1 heterocycles. The predicted molar refractivity (Wildman–Crippen MR) is 131 cm³/mol. The van der Waals surface area contributed by atoms with Gasteiger partial charge in [-0.3, -0.25) is 4.57 Å². The van der Waals surface area contributed by atoms with E-state index >= 15 is 0 Å². The second-order valence-corrected chi connectivity index (χ2v) is 8.30. The van der Waals surface area contributed by atoms with Crippen molar-refractivity contribution in [3.63, 3.8) is 0 Å². The minimum Gasteiger partial charge on any atom is -0.292 e. The molecule has 0 atom stereocenters. The third kappa shape index (κ3) is 2.83. The van der Waals surface area contributed by atoms with E-state index in [1.807, 2.05) is 0 Å². The number of aromatic nitrogens is 2. The van der Waals surface area contributed by atoms with Crippen LogP contribution in [0.5, 0.6) is 0 Å². The van der Waals surface area contributed by atoms with E-state index in [0.29, 0.717) is 0 Å². The third-order valence-electron chi connectivity index (χ3n) is 6.06. The Hall–Kier alpha value is -3.91. The Kier molecular flexibility index (Phi) is 3.94. The molecule has 0 bridgehead atoms. The minimum absolute atomic E-state index is 0.971. The summed E-state index contributed by atoms with van der Waals surface area (Å²) in [5, 5.41) is 5.02. The molecule has 0 saturated carbocycles. The topological polar surface area (TPSA) is 17.8 Å². The van der Waals surface area contributed by atoms with Gasteiger partial charge in [0, 0.05) is 16.6 Å². The van der Waals surface area contributed by atoms with Gasteiger partial charge >= 0.3 is 0 Å². The second kappa shape index (κ2) is 6.82. The molecule has 6 rings (SSSR count). The molecule has 2 nitrogen and oxygen atoms in total. The van der Waals surface area contributed by atoms with Crippen LogP contribution in [-0.4, -0.2) is 9.55 Å². The van der Waals surface area contributed by atoms with E-state index < -0.39 is 0 Å². The number of fused-ring (bicyclic) bond motifs is 5. The number of hydrogen-bond donors (Lipinski definition) is 0. The zero-order chi connectivity index (χ0) is 20.9. The molecule has 0 amide bonds. The highest BCUT2D eigenvalue weighted by atomic mass is 15.1. The molecular weight excluding hydrogens is 376 g/mol. The second-order valence-electron chi connectivity index (χ2n) is 8.30. The molecule has 1 aromatic heterocycles. The number of aryl methyl sites for hydroxylation is 2. The first-order valence-electron chi connectivity index (χ1n) is 10.7. The van der Waals surface area contributed by atoms with E-state index in [0.717, 1.165) is 28.1 Å². The molecule has 0 aliphatic heterocycles. The number of nitrogens with zero attached hydrogens (tertiary/aromatic N) is 2. The van der Waals surface area contributed by atoms with Gasteiger partial charge in [-0.05, 0) is 53.8 Å². The Labute approximate surface area is 181 Å². The van der Waals surface area contributed by atoms with Crippen molar-refractivity contribution in [3.05, 3.63) is 108 Å². The third-order valence-corrected chi connectivity index (χ3v) is 6.06. The lowest BCUT2D eigenvalue weighted by molar-refractivity contribution is 1.10. The van der Waals surface area contributed by atoms with Crippen molar-refractivity contribution in [1.29, 1.82) is 0 Å². The van der Waals surface area contributed by atoms with Crippen molar-refractivity contribution < 1.29 is 0 Å². The highest BCUT2D eigenvalue weighted by Crippen LogP contribution is 2.37. The molecule has 0 unspecified atom stereocenters. The molecule has 0 radical (unpaired) electrons. The van der Waals surface area contributed by atoms with E-state index in [4.69, 9.17) is 4.98 Å². The summed E-state index contributed by atoms with van der Waals surface area (Å²) in [6, 6.07) is 34.6. The average molecular weight is 399 g/mol. The molecule has 148 valence electrons. The van der Waals surface area contributed by atoms with Gasteiger partial charge in [0.25, 0.3) is 0 Å². The zero-order valence-corrected chi connectivity index (χ0v) is 17.6. The lowest BCUT2D eigenvalue weighted by Gasteiger charge is -2.13. The van der Waals surface area contributed by atoms with Crippen LogP contribution in [0.25, 0.3) is 49.7 Å². The maximum absolute atomic E-state index is 5.13. The van der Waals surface area contributed by atoms with Crippen LogP contribution in [0, 0.1) is 13.8 Å². The maximum Gasteiger partial charge on any atom is 0.145 e. The number of rotatable bonds is 2. The van der Waals surface area contributed by atoms with Crippen LogP contribution in [0.2, 0.25) is 0 Å². The summed E-state index contributed by atoms with van der Waals surface area (Å²) < 4.78 is 2.34. The molecule has 0 saturated heterocycles. The first-order chi connectivity index (χ1) is 15.2. The summed E-state index contributed by atoms with van der Waals surface area (Å²) in [6.07, 6.45) is 0. The number of hydrogen-bond acceptors (Lipinski definition) is 1. The molecule has 5 aromatic carbocycles. The van der Waals surface area contributed by atoms with Crippen molar-refractivity contribution in [1.82, 2.24) is 9.55 Å². The lowest BCUT2D eigenvalue weighted by Crippen LogP contribution is -1.98. The molecule has 31 heavy (non-hydrogen) atoms. The minimum atomic E-state index is 0.971. The SMILES string of the molecule is Cc1cccc(-n2c(-c3ccccc3)nc3ccc4ccc5ccc(C)cc5c4c32)c1. The Morgan fingerprint density at radius 2 is 1.39 bits per heavy atom. The Balaban J connectivity index is 1.86. The predicted octanol–water partition coefficient (Wildman–Crippen LogP) is 7.62. The van der Waals surface area contributed by atoms with E-state index in [-0.39, 0.29) is 0 Å². The number of imidazole rings is 1. The van der Waals surface area contributed by atoms with Gasteiger partial charge in [-0.15, -0.1) is 0 Å². The monoisotopic (exact) mass is 398 g/mol.